The Morgan fingerprint density at radius 2 is 0.333 bits per heavy atom. The number of hydrogen-bond donors (Lipinski definition) is 0. The maximum atomic E-state index is 0. The largest absolute Gasteiger partial charge is 4.00 e. The fourth-order valence-electron chi connectivity index (χ4n) is 0. The Balaban J connectivity index is 0. The van der Waals surface area contributed by atoms with E-state index < -0.39 is 0 Å². The van der Waals surface area contributed by atoms with Gasteiger partial charge in [-0.25, -0.2) is 0 Å². The molecule has 0 saturated carbocycles. The molecule has 0 bridgehead atoms. The van der Waals surface area contributed by atoms with Crippen molar-refractivity contribution in [1.29, 1.82) is 0 Å². The van der Waals surface area contributed by atoms with Crippen LogP contribution in [0.3, 0.4) is 0 Å². The molecule has 9 heteroatoms. The molecule has 0 spiro atoms. The van der Waals surface area contributed by atoms with Gasteiger partial charge in [-0.3, -0.25) is 0 Å². The molecule has 0 N–H and O–H groups in total. The summed E-state index contributed by atoms with van der Waals surface area (Å²) in [4.78, 5) is 0. The number of halogens is 7. The first-order chi connectivity index (χ1) is 0. The molecule has 0 radical (unpaired) electrons. The zero-order valence-corrected chi connectivity index (χ0v) is 9.21. The van der Waals surface area contributed by atoms with E-state index in [0.29, 0.717) is 0 Å². The molecule has 0 aromatic heterocycles. The van der Waals surface area contributed by atoms with E-state index in [1.54, 1.807) is 0 Å². The van der Waals surface area contributed by atoms with Gasteiger partial charge in [0.2, 0.25) is 0 Å². The SMILES string of the molecule is [Au+3].[F-].[F-].[F-].[F-].[F-].[F-].[F-].[Hf+4]. The third kappa shape index (κ3) is 368. The van der Waals surface area contributed by atoms with Crippen molar-refractivity contribution in [3.8, 4) is 0 Å². The summed E-state index contributed by atoms with van der Waals surface area (Å²) in [6.45, 7) is 0. The van der Waals surface area contributed by atoms with E-state index in [4.69, 9.17) is 0 Å². The summed E-state index contributed by atoms with van der Waals surface area (Å²) in [7, 11) is 0. The number of rotatable bonds is 0. The van der Waals surface area contributed by atoms with Gasteiger partial charge in [-0.05, 0) is 0 Å². The second-order valence-corrected chi connectivity index (χ2v) is 0. The van der Waals surface area contributed by atoms with Crippen LogP contribution in [0, 0.1) is 0 Å². The van der Waals surface area contributed by atoms with Crippen LogP contribution < -0.4 is 32.9 Å². The van der Waals surface area contributed by atoms with Gasteiger partial charge in [-0.1, -0.05) is 0 Å². The Labute approximate surface area is 81.0 Å². The molecule has 0 amide bonds. The van der Waals surface area contributed by atoms with Gasteiger partial charge in [-0.15, -0.1) is 0 Å². The Hall–Kier alpha value is 1.12. The molecule has 0 aliphatic heterocycles. The van der Waals surface area contributed by atoms with Crippen LogP contribution in [-0.2, 0) is 48.2 Å². The number of hydrogen-bond acceptors (Lipinski definition) is 0. The molecule has 0 atom stereocenters. The van der Waals surface area contributed by atoms with E-state index in [2.05, 4.69) is 0 Å². The van der Waals surface area contributed by atoms with Crippen LogP contribution in [-0.4, -0.2) is 0 Å². The Morgan fingerprint density at radius 1 is 0.333 bits per heavy atom. The van der Waals surface area contributed by atoms with Crippen LogP contribution in [0.2, 0.25) is 0 Å². The van der Waals surface area contributed by atoms with Gasteiger partial charge in [0.25, 0.3) is 0 Å². The standard InChI is InChI=1S/Au.7FH.Hf/h;7*1H;/q+3;;;;;;;;+4/p-7. The average Bonchev–Trinajstić information content (AvgIpc) is 0. The van der Waals surface area contributed by atoms with E-state index in [-0.39, 0.29) is 81.2 Å². The quantitative estimate of drug-likeness (QED) is 0.225. The van der Waals surface area contributed by atoms with Gasteiger partial charge in [0.15, 0.2) is 0 Å². The van der Waals surface area contributed by atoms with Crippen LogP contribution in [0.1, 0.15) is 0 Å². The smallest absolute Gasteiger partial charge is 1.00 e. The van der Waals surface area contributed by atoms with Gasteiger partial charge in [0.1, 0.15) is 0 Å². The maximum absolute atomic E-state index is 0. The third-order valence-electron chi connectivity index (χ3n) is 0. The Bertz CT molecular complexity index is 8.88. The molecule has 0 aromatic rings. The van der Waals surface area contributed by atoms with E-state index in [0.717, 1.165) is 0 Å². The summed E-state index contributed by atoms with van der Waals surface area (Å²) in [6, 6.07) is 0. The van der Waals surface area contributed by atoms with Gasteiger partial charge in [0, 0.05) is 0 Å². The van der Waals surface area contributed by atoms with Gasteiger partial charge in [0.05, 0.1) is 0 Å². The van der Waals surface area contributed by atoms with Crippen molar-refractivity contribution in [1.82, 2.24) is 0 Å². The van der Waals surface area contributed by atoms with Gasteiger partial charge < -0.3 is 32.9 Å². The maximum Gasteiger partial charge on any atom is 4.00 e. The van der Waals surface area contributed by atoms with E-state index in [9.17, 15) is 0 Å². The van der Waals surface area contributed by atoms with E-state index in [1.807, 2.05) is 0 Å². The van der Waals surface area contributed by atoms with Gasteiger partial charge in [-0.2, -0.15) is 0 Å². The first kappa shape index (κ1) is 671. The fourth-order valence-corrected chi connectivity index (χ4v) is 0. The Morgan fingerprint density at radius 3 is 0.333 bits per heavy atom. The first-order valence-electron chi connectivity index (χ1n) is 0. The van der Waals surface area contributed by atoms with Crippen LogP contribution in [0.15, 0.2) is 0 Å². The van der Waals surface area contributed by atoms with Crippen molar-refractivity contribution in [2.45, 2.75) is 0 Å². The zero-order chi connectivity index (χ0) is 0. The minimum Gasteiger partial charge on any atom is -1.00 e. The topological polar surface area (TPSA) is 0 Å². The second kappa shape index (κ2) is 479. The van der Waals surface area contributed by atoms with E-state index >= 15 is 0 Å². The predicted molar refractivity (Wildman–Crippen MR) is 0 cm³/mol. The Kier molecular flexibility index (Phi) is 35700. The molecule has 9 heavy (non-hydrogen) atoms. The molecule has 0 rings (SSSR count). The van der Waals surface area contributed by atoms with Crippen molar-refractivity contribution in [2.75, 3.05) is 0 Å². The summed E-state index contributed by atoms with van der Waals surface area (Å²) >= 11 is 0. The molecular formula is AuF7Hf. The second-order valence-electron chi connectivity index (χ2n) is 0. The van der Waals surface area contributed by atoms with Crippen molar-refractivity contribution in [3.63, 3.8) is 0 Å². The molecule has 0 aliphatic rings. The molecule has 0 nitrogen and oxygen atoms in total. The monoisotopic (exact) mass is 510 g/mol. The van der Waals surface area contributed by atoms with Crippen molar-refractivity contribution >= 4 is 0 Å². The van der Waals surface area contributed by atoms with E-state index in [1.165, 1.54) is 0 Å². The summed E-state index contributed by atoms with van der Waals surface area (Å²) < 4.78 is 0. The van der Waals surface area contributed by atoms with Crippen LogP contribution >= 0.6 is 0 Å². The third-order valence-corrected chi connectivity index (χ3v) is 0. The van der Waals surface area contributed by atoms with Crippen LogP contribution in [0.4, 0.5) is 0 Å². The molecule has 0 fully saturated rings. The summed E-state index contributed by atoms with van der Waals surface area (Å²) in [6.07, 6.45) is 0. The molecule has 0 heterocycles. The normalized spacial score (nSPS) is 0. The predicted octanol–water partition coefficient (Wildman–Crippen LogP) is -21.0. The average molecular weight is 508 g/mol. The fraction of sp³-hybridized carbons (Fsp3) is 0. The first-order valence-corrected chi connectivity index (χ1v) is 0. The zero-order valence-electron chi connectivity index (χ0n) is 3.45. The van der Waals surface area contributed by atoms with Crippen molar-refractivity contribution in [3.05, 3.63) is 0 Å². The molecule has 0 unspecified atom stereocenters. The molecule has 0 aromatic carbocycles. The molecule has 64 valence electrons. The van der Waals surface area contributed by atoms with Crippen molar-refractivity contribution < 1.29 is 81.2 Å². The minimum atomic E-state index is 0. The molecule has 0 aliphatic carbocycles. The minimum absolute atomic E-state index is 0. The van der Waals surface area contributed by atoms with Crippen LogP contribution in [0.25, 0.3) is 0 Å². The summed E-state index contributed by atoms with van der Waals surface area (Å²) in [5.74, 6) is 0. The molecular weight excluding hydrogens is 508 g/mol. The van der Waals surface area contributed by atoms with Crippen molar-refractivity contribution in [2.24, 2.45) is 0 Å². The summed E-state index contributed by atoms with van der Waals surface area (Å²) in [5, 5.41) is 0. The van der Waals surface area contributed by atoms with Crippen LogP contribution in [0.5, 0.6) is 0 Å². The summed E-state index contributed by atoms with van der Waals surface area (Å²) in [5.41, 5.74) is 0. The van der Waals surface area contributed by atoms with Gasteiger partial charge >= 0.3 is 48.2 Å². The molecule has 0 saturated heterocycles.